The fraction of sp³-hybridized carbons (Fsp3) is 0.316. The Hall–Kier alpha value is -2.75. The molecule has 0 aliphatic carbocycles. The number of carbonyl (C=O) groups excluding carboxylic acids is 1. The lowest BCUT2D eigenvalue weighted by Gasteiger charge is -2.23. The first-order valence-electron chi connectivity index (χ1n) is 8.50. The summed E-state index contributed by atoms with van der Waals surface area (Å²) in [6.45, 7) is 1.16. The van der Waals surface area contributed by atoms with Crippen molar-refractivity contribution in [1.29, 1.82) is 0 Å². The van der Waals surface area contributed by atoms with Gasteiger partial charge in [-0.05, 0) is 48.9 Å². The van der Waals surface area contributed by atoms with Crippen molar-refractivity contribution in [1.82, 2.24) is 5.32 Å². The van der Waals surface area contributed by atoms with E-state index in [1.54, 1.807) is 31.2 Å². The average molecular weight is 430 g/mol. The molecular weight excluding hydrogens is 409 g/mol. The highest BCUT2D eigenvalue weighted by atomic mass is 32.2. The third-order valence-corrected chi connectivity index (χ3v) is 5.30. The summed E-state index contributed by atoms with van der Waals surface area (Å²) in [4.78, 5) is 12.4. The lowest BCUT2D eigenvalue weighted by atomic mass is 10.1. The molecule has 0 spiro atoms. The first kappa shape index (κ1) is 22.5. The number of amides is 1. The van der Waals surface area contributed by atoms with Crippen molar-refractivity contribution in [2.75, 3.05) is 24.2 Å². The number of nitrogens with one attached hydrogen (secondary N) is 1. The molecule has 0 unspecified atom stereocenters. The van der Waals surface area contributed by atoms with Crippen molar-refractivity contribution in [3.05, 3.63) is 59.7 Å². The maximum absolute atomic E-state index is 12.7. The van der Waals surface area contributed by atoms with Gasteiger partial charge in [0.15, 0.2) is 0 Å². The number of nitrogens with zero attached hydrogens (tertiary/aromatic N) is 1. The zero-order valence-electron chi connectivity index (χ0n) is 16.0. The van der Waals surface area contributed by atoms with Crippen LogP contribution >= 0.6 is 0 Å². The van der Waals surface area contributed by atoms with Gasteiger partial charge >= 0.3 is 6.18 Å². The predicted octanol–water partition coefficient (Wildman–Crippen LogP) is 3.36. The van der Waals surface area contributed by atoms with Crippen LogP contribution in [0.2, 0.25) is 0 Å². The van der Waals surface area contributed by atoms with Gasteiger partial charge in [0.1, 0.15) is 12.3 Å². The van der Waals surface area contributed by atoms with Crippen molar-refractivity contribution >= 4 is 21.6 Å². The molecule has 0 fully saturated rings. The second kappa shape index (κ2) is 8.73. The van der Waals surface area contributed by atoms with Crippen LogP contribution in [0.1, 0.15) is 24.1 Å². The molecule has 0 aliphatic rings. The number of halogens is 3. The zero-order valence-corrected chi connectivity index (χ0v) is 16.8. The summed E-state index contributed by atoms with van der Waals surface area (Å²) in [6.07, 6.45) is -3.66. The first-order valence-corrected chi connectivity index (χ1v) is 10.3. The van der Waals surface area contributed by atoms with Crippen LogP contribution in [0.15, 0.2) is 48.5 Å². The molecular formula is C19H21F3N2O4S. The van der Waals surface area contributed by atoms with Crippen molar-refractivity contribution in [2.45, 2.75) is 19.1 Å². The SMILES string of the molecule is COc1ccc([C@H](C)NC(=O)CN(c2ccc(C(F)(F)F)cc2)S(C)(=O)=O)cc1. The fourth-order valence-corrected chi connectivity index (χ4v) is 3.47. The second-order valence-corrected chi connectivity index (χ2v) is 8.28. The summed E-state index contributed by atoms with van der Waals surface area (Å²) in [5.74, 6) is 0.0523. The third kappa shape index (κ3) is 6.11. The van der Waals surface area contributed by atoms with E-state index >= 15 is 0 Å². The molecule has 0 radical (unpaired) electrons. The third-order valence-electron chi connectivity index (χ3n) is 4.16. The molecule has 1 amide bonds. The first-order chi connectivity index (χ1) is 13.4. The minimum Gasteiger partial charge on any atom is -0.497 e. The molecule has 2 aromatic rings. The molecule has 0 saturated carbocycles. The molecule has 0 heterocycles. The van der Waals surface area contributed by atoms with E-state index in [1.165, 1.54) is 7.11 Å². The molecule has 1 N–H and O–H groups in total. The molecule has 0 saturated heterocycles. The van der Waals surface area contributed by atoms with Crippen LogP contribution in [-0.4, -0.2) is 34.2 Å². The van der Waals surface area contributed by atoms with E-state index in [2.05, 4.69) is 5.32 Å². The van der Waals surface area contributed by atoms with Gasteiger partial charge in [-0.2, -0.15) is 13.2 Å². The standard InChI is InChI=1S/C19H21F3N2O4S/c1-13(14-4-10-17(28-2)11-5-14)23-18(25)12-24(29(3,26)27)16-8-6-15(7-9-16)19(20,21)22/h4-11,13H,12H2,1-3H3,(H,23,25)/t13-/m0/s1. The minimum atomic E-state index is -4.54. The average Bonchev–Trinajstić information content (AvgIpc) is 2.64. The van der Waals surface area contributed by atoms with Gasteiger partial charge in [-0.3, -0.25) is 9.10 Å². The van der Waals surface area contributed by atoms with Gasteiger partial charge in [0.05, 0.1) is 30.7 Å². The summed E-state index contributed by atoms with van der Waals surface area (Å²) >= 11 is 0. The Labute approximate surface area is 167 Å². The molecule has 10 heteroatoms. The number of carbonyl (C=O) groups is 1. The number of anilines is 1. The number of ether oxygens (including phenoxy) is 1. The van der Waals surface area contributed by atoms with Crippen molar-refractivity contribution in [3.63, 3.8) is 0 Å². The van der Waals surface area contributed by atoms with E-state index in [1.807, 2.05) is 0 Å². The van der Waals surface area contributed by atoms with Crippen molar-refractivity contribution in [3.8, 4) is 5.75 Å². The Morgan fingerprint density at radius 3 is 2.10 bits per heavy atom. The van der Waals surface area contributed by atoms with E-state index in [0.29, 0.717) is 5.75 Å². The molecule has 6 nitrogen and oxygen atoms in total. The maximum Gasteiger partial charge on any atom is 0.416 e. The maximum atomic E-state index is 12.7. The van der Waals surface area contributed by atoms with Crippen LogP contribution in [-0.2, 0) is 21.0 Å². The van der Waals surface area contributed by atoms with Gasteiger partial charge in [-0.1, -0.05) is 12.1 Å². The second-order valence-electron chi connectivity index (χ2n) is 6.38. The molecule has 0 aliphatic heterocycles. The number of benzene rings is 2. The Morgan fingerprint density at radius 1 is 1.10 bits per heavy atom. The van der Waals surface area contributed by atoms with Gasteiger partial charge < -0.3 is 10.1 Å². The number of hydrogen-bond acceptors (Lipinski definition) is 4. The number of methoxy groups -OCH3 is 1. The largest absolute Gasteiger partial charge is 0.497 e. The van der Waals surface area contributed by atoms with Crippen LogP contribution in [0.5, 0.6) is 5.75 Å². The quantitative estimate of drug-likeness (QED) is 0.731. The lowest BCUT2D eigenvalue weighted by Crippen LogP contribution is -2.41. The summed E-state index contributed by atoms with van der Waals surface area (Å²) in [7, 11) is -2.37. The van der Waals surface area contributed by atoms with Crippen molar-refractivity contribution in [2.24, 2.45) is 0 Å². The highest BCUT2D eigenvalue weighted by Gasteiger charge is 2.31. The van der Waals surface area contributed by atoms with Crippen LogP contribution in [0.25, 0.3) is 0 Å². The molecule has 158 valence electrons. The lowest BCUT2D eigenvalue weighted by molar-refractivity contribution is -0.137. The Kier molecular flexibility index (Phi) is 6.78. The molecule has 0 bridgehead atoms. The van der Waals surface area contributed by atoms with Crippen LogP contribution in [0.4, 0.5) is 18.9 Å². The zero-order chi connectivity index (χ0) is 21.8. The molecule has 2 aromatic carbocycles. The summed E-state index contributed by atoms with van der Waals surface area (Å²) in [6, 6.07) is 10.1. The van der Waals surface area contributed by atoms with Crippen LogP contribution in [0.3, 0.4) is 0 Å². The van der Waals surface area contributed by atoms with Crippen LogP contribution < -0.4 is 14.4 Å². The van der Waals surface area contributed by atoms with Gasteiger partial charge in [0.25, 0.3) is 0 Å². The number of hydrogen-bond donors (Lipinski definition) is 1. The van der Waals surface area contributed by atoms with Gasteiger partial charge in [0, 0.05) is 0 Å². The van der Waals surface area contributed by atoms with Gasteiger partial charge in [-0.15, -0.1) is 0 Å². The van der Waals surface area contributed by atoms with Crippen molar-refractivity contribution < 1.29 is 31.1 Å². The minimum absolute atomic E-state index is 0.0345. The van der Waals surface area contributed by atoms with E-state index in [9.17, 15) is 26.4 Å². The summed E-state index contributed by atoms with van der Waals surface area (Å²) in [5, 5.41) is 2.68. The monoisotopic (exact) mass is 430 g/mol. The number of sulfonamides is 1. The summed E-state index contributed by atoms with van der Waals surface area (Å²) < 4.78 is 68.1. The highest BCUT2D eigenvalue weighted by Crippen LogP contribution is 2.31. The van der Waals surface area contributed by atoms with E-state index in [-0.39, 0.29) is 5.69 Å². The number of rotatable bonds is 7. The molecule has 2 rings (SSSR count). The van der Waals surface area contributed by atoms with E-state index < -0.39 is 40.3 Å². The van der Waals surface area contributed by atoms with E-state index in [4.69, 9.17) is 4.74 Å². The van der Waals surface area contributed by atoms with Gasteiger partial charge in [-0.25, -0.2) is 8.42 Å². The molecule has 1 atom stereocenters. The Balaban J connectivity index is 2.14. The summed E-state index contributed by atoms with van der Waals surface area (Å²) in [5.41, 5.74) is -0.167. The number of alkyl halides is 3. The Morgan fingerprint density at radius 2 is 1.66 bits per heavy atom. The molecule has 29 heavy (non-hydrogen) atoms. The topological polar surface area (TPSA) is 75.7 Å². The van der Waals surface area contributed by atoms with E-state index in [0.717, 1.165) is 40.4 Å². The van der Waals surface area contributed by atoms with Crippen LogP contribution in [0, 0.1) is 0 Å². The molecule has 0 aromatic heterocycles. The fourth-order valence-electron chi connectivity index (χ4n) is 2.61. The highest BCUT2D eigenvalue weighted by molar-refractivity contribution is 7.92. The Bertz CT molecular complexity index is 943. The normalized spacial score (nSPS) is 12.9. The smallest absolute Gasteiger partial charge is 0.416 e. The van der Waals surface area contributed by atoms with Gasteiger partial charge in [0.2, 0.25) is 15.9 Å². The predicted molar refractivity (Wildman–Crippen MR) is 103 cm³/mol.